The van der Waals surface area contributed by atoms with Gasteiger partial charge >= 0.3 is 5.97 Å². The molecular formula is C20H17IN2O6. The number of nitriles is 1. The van der Waals surface area contributed by atoms with Crippen LogP contribution >= 0.6 is 22.6 Å². The van der Waals surface area contributed by atoms with Crippen LogP contribution in [0.1, 0.15) is 18.1 Å². The second kappa shape index (κ2) is 10.4. The molecule has 2 aromatic rings. The van der Waals surface area contributed by atoms with E-state index in [1.807, 2.05) is 6.07 Å². The minimum Gasteiger partial charge on any atom is -0.493 e. The molecule has 0 saturated carbocycles. The number of carbonyl (C=O) groups is 1. The molecule has 0 atom stereocenters. The van der Waals surface area contributed by atoms with Gasteiger partial charge in [0.15, 0.2) is 11.5 Å². The van der Waals surface area contributed by atoms with Gasteiger partial charge in [-0.25, -0.2) is 4.79 Å². The van der Waals surface area contributed by atoms with Crippen LogP contribution in [0.4, 0.5) is 5.69 Å². The van der Waals surface area contributed by atoms with Gasteiger partial charge in [0.05, 0.1) is 22.2 Å². The van der Waals surface area contributed by atoms with Crippen LogP contribution in [0.5, 0.6) is 11.5 Å². The number of hydrogen-bond donors (Lipinski definition) is 0. The normalized spacial score (nSPS) is 10.8. The number of halogens is 1. The van der Waals surface area contributed by atoms with Gasteiger partial charge in [-0.15, -0.1) is 0 Å². The predicted octanol–water partition coefficient (Wildman–Crippen LogP) is 4.26. The van der Waals surface area contributed by atoms with Gasteiger partial charge in [-0.1, -0.05) is 0 Å². The van der Waals surface area contributed by atoms with Crippen molar-refractivity contribution in [2.75, 3.05) is 13.7 Å². The third-order valence-corrected chi connectivity index (χ3v) is 4.51. The summed E-state index contributed by atoms with van der Waals surface area (Å²) in [6.45, 7) is 2.02. The van der Waals surface area contributed by atoms with E-state index in [2.05, 4.69) is 22.6 Å². The number of nitro groups is 1. The quantitative estimate of drug-likeness (QED) is 0.131. The van der Waals surface area contributed by atoms with E-state index in [0.29, 0.717) is 20.6 Å². The Morgan fingerprint density at radius 2 is 2.00 bits per heavy atom. The number of hydrogen-bond acceptors (Lipinski definition) is 7. The minimum absolute atomic E-state index is 0.00643. The molecule has 0 aromatic heterocycles. The molecule has 0 saturated heterocycles. The number of esters is 1. The fourth-order valence-corrected chi connectivity index (χ4v) is 3.13. The molecule has 0 aliphatic carbocycles. The summed E-state index contributed by atoms with van der Waals surface area (Å²) in [7, 11) is 1.48. The van der Waals surface area contributed by atoms with E-state index in [0.717, 1.165) is 5.56 Å². The first-order chi connectivity index (χ1) is 13.9. The van der Waals surface area contributed by atoms with E-state index in [9.17, 15) is 20.2 Å². The third-order valence-electron chi connectivity index (χ3n) is 3.71. The smallest absolute Gasteiger partial charge is 0.348 e. The van der Waals surface area contributed by atoms with Gasteiger partial charge in [0, 0.05) is 12.1 Å². The Balaban J connectivity index is 2.25. The first-order valence-electron chi connectivity index (χ1n) is 8.42. The van der Waals surface area contributed by atoms with Crippen molar-refractivity contribution in [3.63, 3.8) is 0 Å². The average molecular weight is 508 g/mol. The van der Waals surface area contributed by atoms with E-state index in [1.165, 1.54) is 25.3 Å². The van der Waals surface area contributed by atoms with Crippen molar-refractivity contribution >= 4 is 40.3 Å². The van der Waals surface area contributed by atoms with Crippen molar-refractivity contribution in [2.45, 2.75) is 13.5 Å². The molecule has 0 N–H and O–H groups in total. The highest BCUT2D eigenvalue weighted by molar-refractivity contribution is 14.1. The summed E-state index contributed by atoms with van der Waals surface area (Å²) in [6.07, 6.45) is 1.42. The van der Waals surface area contributed by atoms with Gasteiger partial charge in [0.2, 0.25) is 0 Å². The van der Waals surface area contributed by atoms with Crippen molar-refractivity contribution in [1.29, 1.82) is 5.26 Å². The number of methoxy groups -OCH3 is 1. The number of non-ortho nitro benzene ring substituents is 1. The van der Waals surface area contributed by atoms with Gasteiger partial charge in [-0.05, 0) is 71.0 Å². The molecule has 0 amide bonds. The molecule has 29 heavy (non-hydrogen) atoms. The molecule has 8 nitrogen and oxygen atoms in total. The highest BCUT2D eigenvalue weighted by Crippen LogP contribution is 2.35. The molecule has 2 aromatic carbocycles. The Bertz CT molecular complexity index is 980. The lowest BCUT2D eigenvalue weighted by Crippen LogP contribution is -2.06. The first-order valence-corrected chi connectivity index (χ1v) is 9.50. The summed E-state index contributed by atoms with van der Waals surface area (Å²) in [5.41, 5.74) is 1.22. The lowest BCUT2D eigenvalue weighted by molar-refractivity contribution is -0.384. The van der Waals surface area contributed by atoms with Crippen LogP contribution in [0, 0.1) is 25.0 Å². The van der Waals surface area contributed by atoms with Crippen molar-refractivity contribution < 1.29 is 23.9 Å². The van der Waals surface area contributed by atoms with E-state index in [-0.39, 0.29) is 24.5 Å². The van der Waals surface area contributed by atoms with Crippen molar-refractivity contribution in [3.05, 3.63) is 66.8 Å². The molecule has 150 valence electrons. The molecule has 0 spiro atoms. The second-order valence-electron chi connectivity index (χ2n) is 5.64. The standard InChI is InChI=1S/C20H17IN2O6/c1-3-28-20(24)15(11-22)8-14-9-17(21)19(18(10-14)27-2)29-12-13-4-6-16(7-5-13)23(25)26/h4-10H,3,12H2,1-2H3/b15-8-. The Morgan fingerprint density at radius 1 is 1.31 bits per heavy atom. The van der Waals surface area contributed by atoms with E-state index >= 15 is 0 Å². The molecule has 0 fully saturated rings. The SMILES string of the molecule is CCOC(=O)/C(C#N)=C\c1cc(I)c(OCc2ccc([N+](=O)[O-])cc2)c(OC)c1. The van der Waals surface area contributed by atoms with Crippen LogP contribution in [0.3, 0.4) is 0 Å². The first kappa shape index (κ1) is 22.2. The highest BCUT2D eigenvalue weighted by Gasteiger charge is 2.15. The van der Waals surface area contributed by atoms with Gasteiger partial charge in [0.1, 0.15) is 18.2 Å². The molecule has 0 bridgehead atoms. The largest absolute Gasteiger partial charge is 0.493 e. The lowest BCUT2D eigenvalue weighted by atomic mass is 10.1. The van der Waals surface area contributed by atoms with Gasteiger partial charge in [-0.3, -0.25) is 10.1 Å². The maximum absolute atomic E-state index is 11.8. The Kier molecular flexibility index (Phi) is 7.97. The number of rotatable bonds is 8. The zero-order chi connectivity index (χ0) is 21.4. The second-order valence-corrected chi connectivity index (χ2v) is 6.80. The Morgan fingerprint density at radius 3 is 2.55 bits per heavy atom. The average Bonchev–Trinajstić information content (AvgIpc) is 2.71. The molecule has 9 heteroatoms. The summed E-state index contributed by atoms with van der Waals surface area (Å²) >= 11 is 2.06. The summed E-state index contributed by atoms with van der Waals surface area (Å²) in [6, 6.07) is 11.3. The molecule has 0 unspecified atom stereocenters. The fourth-order valence-electron chi connectivity index (χ4n) is 2.34. The van der Waals surface area contributed by atoms with Crippen LogP contribution in [0.2, 0.25) is 0 Å². The van der Waals surface area contributed by atoms with Crippen molar-refractivity contribution in [3.8, 4) is 17.6 Å². The van der Waals surface area contributed by atoms with Crippen LogP contribution in [-0.4, -0.2) is 24.6 Å². The molecule has 0 aliphatic heterocycles. The van der Waals surface area contributed by atoms with Crippen molar-refractivity contribution in [1.82, 2.24) is 0 Å². The summed E-state index contributed by atoms with van der Waals surface area (Å²) in [5, 5.41) is 19.9. The van der Waals surface area contributed by atoms with E-state index in [4.69, 9.17) is 14.2 Å². The maximum Gasteiger partial charge on any atom is 0.348 e. The number of nitrogens with zero attached hydrogens (tertiary/aromatic N) is 2. The zero-order valence-corrected chi connectivity index (χ0v) is 17.8. The number of ether oxygens (including phenoxy) is 3. The molecule has 0 aliphatic rings. The fraction of sp³-hybridized carbons (Fsp3) is 0.200. The number of benzene rings is 2. The van der Waals surface area contributed by atoms with Crippen LogP contribution < -0.4 is 9.47 Å². The minimum atomic E-state index is -0.692. The van der Waals surface area contributed by atoms with Crippen LogP contribution in [-0.2, 0) is 16.1 Å². The monoisotopic (exact) mass is 508 g/mol. The van der Waals surface area contributed by atoms with Gasteiger partial charge in [-0.2, -0.15) is 5.26 Å². The third kappa shape index (κ3) is 5.92. The highest BCUT2D eigenvalue weighted by atomic mass is 127. The Labute approximate surface area is 181 Å². The van der Waals surface area contributed by atoms with Gasteiger partial charge in [0.25, 0.3) is 5.69 Å². The van der Waals surface area contributed by atoms with Crippen LogP contribution in [0.15, 0.2) is 42.0 Å². The maximum atomic E-state index is 11.8. The van der Waals surface area contributed by atoms with Crippen molar-refractivity contribution in [2.24, 2.45) is 0 Å². The zero-order valence-electron chi connectivity index (χ0n) is 15.7. The molecular weight excluding hydrogens is 491 g/mol. The van der Waals surface area contributed by atoms with Gasteiger partial charge < -0.3 is 14.2 Å². The number of nitro benzene ring substituents is 1. The molecule has 2 rings (SSSR count). The van der Waals surface area contributed by atoms with E-state index in [1.54, 1.807) is 31.2 Å². The predicted molar refractivity (Wildman–Crippen MR) is 113 cm³/mol. The molecule has 0 radical (unpaired) electrons. The number of carbonyl (C=O) groups excluding carboxylic acids is 1. The summed E-state index contributed by atoms with van der Waals surface area (Å²) in [5.74, 6) is 0.215. The summed E-state index contributed by atoms with van der Waals surface area (Å²) in [4.78, 5) is 22.1. The topological polar surface area (TPSA) is 112 Å². The van der Waals surface area contributed by atoms with Crippen LogP contribution in [0.25, 0.3) is 6.08 Å². The molecule has 0 heterocycles. The van der Waals surface area contributed by atoms with E-state index < -0.39 is 10.9 Å². The lowest BCUT2D eigenvalue weighted by Gasteiger charge is -2.14. The summed E-state index contributed by atoms with van der Waals surface area (Å²) < 4.78 is 16.8. The Hall–Kier alpha value is -3.13.